The second kappa shape index (κ2) is 16.2. The monoisotopic (exact) mass is 703 g/mol. The van der Waals surface area contributed by atoms with Crippen molar-refractivity contribution in [2.24, 2.45) is 11.7 Å². The minimum absolute atomic E-state index is 0.0348. The molecule has 4 aliphatic rings. The lowest BCUT2D eigenvalue weighted by molar-refractivity contribution is -0.141. The number of fused-ring (bicyclic) bond motifs is 3. The molecule has 1 saturated carbocycles. The summed E-state index contributed by atoms with van der Waals surface area (Å²) in [6.45, 7) is 6.62. The number of carbonyl (C=O) groups excluding carboxylic acids is 5. The minimum Gasteiger partial charge on any atom is -0.444 e. The van der Waals surface area contributed by atoms with E-state index in [0.717, 1.165) is 19.3 Å². The molecule has 1 aliphatic carbocycles. The summed E-state index contributed by atoms with van der Waals surface area (Å²) in [6, 6.07) is 2.56. The van der Waals surface area contributed by atoms with Crippen LogP contribution in [-0.2, 0) is 36.9 Å². The SMILES string of the molecule is CC(C)(C)OC(=O)N[C@H]1CCCCC/C=C\[C@@H]2C[C@@]2(C(N)=O)NC(=O)[C@@H]2C[C@@H](OC(=O)N3Cc4cccc(F)c4C3)CN2C1=O.C[C@H](O)CO. The smallest absolute Gasteiger partial charge is 0.410 e. The van der Waals surface area contributed by atoms with Crippen molar-refractivity contribution in [2.75, 3.05) is 13.2 Å². The molecule has 1 aromatic rings. The molecule has 14 nitrogen and oxygen atoms in total. The Bertz CT molecular complexity index is 1460. The quantitative estimate of drug-likeness (QED) is 0.292. The van der Waals surface area contributed by atoms with Crippen molar-refractivity contribution in [1.29, 1.82) is 0 Å². The summed E-state index contributed by atoms with van der Waals surface area (Å²) in [5.74, 6) is -2.46. The number of primary amides is 1. The van der Waals surface area contributed by atoms with Crippen molar-refractivity contribution in [1.82, 2.24) is 20.4 Å². The topological polar surface area (TPSA) is 201 Å². The van der Waals surface area contributed by atoms with Gasteiger partial charge in [-0.05, 0) is 65.0 Å². The van der Waals surface area contributed by atoms with Crippen LogP contribution in [0.3, 0.4) is 0 Å². The highest BCUT2D eigenvalue weighted by Crippen LogP contribution is 2.45. The third-order valence-electron chi connectivity index (χ3n) is 9.09. The molecule has 1 aromatic carbocycles. The first-order chi connectivity index (χ1) is 23.5. The molecule has 1 saturated heterocycles. The van der Waals surface area contributed by atoms with E-state index in [1.54, 1.807) is 32.9 Å². The van der Waals surface area contributed by atoms with Crippen LogP contribution in [0.15, 0.2) is 30.4 Å². The lowest BCUT2D eigenvalue weighted by atomic mass is 10.0. The largest absolute Gasteiger partial charge is 0.444 e. The summed E-state index contributed by atoms with van der Waals surface area (Å²) in [4.78, 5) is 68.9. The van der Waals surface area contributed by atoms with Gasteiger partial charge in [-0.15, -0.1) is 0 Å². The van der Waals surface area contributed by atoms with E-state index in [-0.39, 0.29) is 38.6 Å². The Morgan fingerprint density at radius 1 is 1.18 bits per heavy atom. The Morgan fingerprint density at radius 3 is 2.54 bits per heavy atom. The van der Waals surface area contributed by atoms with Crippen molar-refractivity contribution in [3.8, 4) is 0 Å². The molecule has 5 amide bonds. The van der Waals surface area contributed by atoms with Gasteiger partial charge in [-0.3, -0.25) is 19.3 Å². The Balaban J connectivity index is 0.00000105. The fourth-order valence-electron chi connectivity index (χ4n) is 6.37. The van der Waals surface area contributed by atoms with Gasteiger partial charge in [-0.1, -0.05) is 37.1 Å². The Labute approximate surface area is 291 Å². The highest BCUT2D eigenvalue weighted by Gasteiger charge is 2.60. The summed E-state index contributed by atoms with van der Waals surface area (Å²) in [6.07, 6.45) is 4.61. The zero-order chi connectivity index (χ0) is 36.8. The fourth-order valence-corrected chi connectivity index (χ4v) is 6.37. The Hall–Kier alpha value is -4.24. The van der Waals surface area contributed by atoms with Crippen molar-refractivity contribution in [3.63, 3.8) is 0 Å². The number of carbonyl (C=O) groups is 5. The predicted molar refractivity (Wildman–Crippen MR) is 178 cm³/mol. The molecule has 0 spiro atoms. The first-order valence-corrected chi connectivity index (χ1v) is 17.1. The summed E-state index contributed by atoms with van der Waals surface area (Å²) in [7, 11) is 0. The van der Waals surface area contributed by atoms with Crippen molar-refractivity contribution < 1.29 is 48.0 Å². The van der Waals surface area contributed by atoms with Crippen LogP contribution < -0.4 is 16.4 Å². The summed E-state index contributed by atoms with van der Waals surface area (Å²) < 4.78 is 25.5. The molecule has 5 rings (SSSR count). The van der Waals surface area contributed by atoms with E-state index < -0.39 is 71.2 Å². The predicted octanol–water partition coefficient (Wildman–Crippen LogP) is 2.38. The highest BCUT2D eigenvalue weighted by atomic mass is 19.1. The molecule has 0 bridgehead atoms. The average Bonchev–Trinajstić information content (AvgIpc) is 3.33. The van der Waals surface area contributed by atoms with E-state index in [1.807, 2.05) is 12.2 Å². The van der Waals surface area contributed by atoms with E-state index in [9.17, 15) is 28.4 Å². The van der Waals surface area contributed by atoms with Gasteiger partial charge in [0.2, 0.25) is 17.7 Å². The molecule has 0 radical (unpaired) electrons. The first kappa shape index (κ1) is 38.6. The number of ether oxygens (including phenoxy) is 2. The number of alkyl carbamates (subject to hydrolysis) is 1. The number of nitrogens with zero attached hydrogens (tertiary/aromatic N) is 2. The summed E-state index contributed by atoms with van der Waals surface area (Å²) in [5, 5.41) is 21.5. The van der Waals surface area contributed by atoms with Crippen molar-refractivity contribution in [3.05, 3.63) is 47.3 Å². The second-order valence-electron chi connectivity index (χ2n) is 14.4. The number of hydrogen-bond acceptors (Lipinski definition) is 9. The Kier molecular flexibility index (Phi) is 12.5. The van der Waals surface area contributed by atoms with E-state index in [2.05, 4.69) is 10.6 Å². The van der Waals surface area contributed by atoms with Crippen LogP contribution in [0.25, 0.3) is 0 Å². The van der Waals surface area contributed by atoms with Gasteiger partial charge in [0.25, 0.3) is 0 Å². The number of aliphatic hydroxyl groups is 2. The van der Waals surface area contributed by atoms with Crippen LogP contribution in [0.1, 0.15) is 83.8 Å². The van der Waals surface area contributed by atoms with Gasteiger partial charge in [0, 0.05) is 24.4 Å². The number of allylic oxidation sites excluding steroid dienone is 1. The van der Waals surface area contributed by atoms with Crippen molar-refractivity contribution in [2.45, 2.75) is 121 Å². The molecule has 276 valence electrons. The van der Waals surface area contributed by atoms with Crippen LogP contribution in [0, 0.1) is 11.7 Å². The lowest BCUT2D eigenvalue weighted by Gasteiger charge is -2.30. The number of rotatable bonds is 4. The number of nitrogens with two attached hydrogens (primary N) is 1. The third kappa shape index (κ3) is 9.71. The number of nitrogens with one attached hydrogen (secondary N) is 2. The minimum atomic E-state index is -1.27. The van der Waals surface area contributed by atoms with Gasteiger partial charge in [0.15, 0.2) is 0 Å². The third-order valence-corrected chi connectivity index (χ3v) is 9.09. The molecule has 3 heterocycles. The van der Waals surface area contributed by atoms with Crippen LogP contribution in [-0.4, -0.2) is 98.5 Å². The maximum absolute atomic E-state index is 14.3. The van der Waals surface area contributed by atoms with E-state index in [0.29, 0.717) is 30.4 Å². The zero-order valence-corrected chi connectivity index (χ0v) is 29.2. The normalized spacial score (nSPS) is 27.8. The maximum Gasteiger partial charge on any atom is 0.410 e. The second-order valence-corrected chi connectivity index (χ2v) is 14.4. The van der Waals surface area contributed by atoms with Gasteiger partial charge in [-0.25, -0.2) is 14.0 Å². The molecule has 6 atom stereocenters. The maximum atomic E-state index is 14.3. The number of hydrogen-bond donors (Lipinski definition) is 5. The van der Waals surface area contributed by atoms with E-state index >= 15 is 0 Å². The highest BCUT2D eigenvalue weighted by molar-refractivity contribution is 5.97. The molecule has 6 N–H and O–H groups in total. The van der Waals surface area contributed by atoms with E-state index in [4.69, 9.17) is 25.4 Å². The van der Waals surface area contributed by atoms with Crippen LogP contribution >= 0.6 is 0 Å². The van der Waals surface area contributed by atoms with Gasteiger partial charge >= 0.3 is 12.2 Å². The van der Waals surface area contributed by atoms with Crippen LogP contribution in [0.4, 0.5) is 14.0 Å². The number of halogens is 1. The van der Waals surface area contributed by atoms with Gasteiger partial charge in [-0.2, -0.15) is 0 Å². The van der Waals surface area contributed by atoms with Crippen molar-refractivity contribution >= 4 is 29.9 Å². The molecule has 0 unspecified atom stereocenters. The molecule has 15 heteroatoms. The molecular formula is C35H50FN5O9. The zero-order valence-electron chi connectivity index (χ0n) is 29.2. The summed E-state index contributed by atoms with van der Waals surface area (Å²) in [5.41, 5.74) is 4.78. The number of benzene rings is 1. The molecule has 3 aliphatic heterocycles. The van der Waals surface area contributed by atoms with Crippen LogP contribution in [0.2, 0.25) is 0 Å². The first-order valence-electron chi connectivity index (χ1n) is 17.1. The van der Waals surface area contributed by atoms with Gasteiger partial charge < -0.3 is 41.0 Å². The Morgan fingerprint density at radius 2 is 1.90 bits per heavy atom. The van der Waals surface area contributed by atoms with Gasteiger partial charge in [0.05, 0.1) is 25.8 Å². The average molecular weight is 704 g/mol. The van der Waals surface area contributed by atoms with Crippen LogP contribution in [0.5, 0.6) is 0 Å². The number of aliphatic hydroxyl groups excluding tert-OH is 2. The molecular weight excluding hydrogens is 653 g/mol. The molecule has 2 fully saturated rings. The number of amides is 5. The fraction of sp³-hybridized carbons (Fsp3) is 0.629. The van der Waals surface area contributed by atoms with Gasteiger partial charge in [0.1, 0.15) is 35.1 Å². The van der Waals surface area contributed by atoms with E-state index in [1.165, 1.54) is 22.8 Å². The lowest BCUT2D eigenvalue weighted by Crippen LogP contribution is -2.57. The summed E-state index contributed by atoms with van der Waals surface area (Å²) >= 11 is 0. The standard InChI is InChI=1S/C32H42FN5O7.C3H8O2/c1-31(2,3)45-29(42)35-24-13-8-6-4-5-7-11-20-15-32(20,28(34)41)36-26(39)25-14-21(17-38(25)27(24)40)44-30(43)37-16-19-10-9-12-23(33)22(19)18-37;1-3(5)2-4/h7,9-12,20-21,24-25H,4-6,8,13-18H2,1-3H3,(H2,34,41)(H,35,42)(H,36,39);3-5H,2H2,1H3/b11-7-;/t20-,21-,24+,25+,32-;3-/m10/s1. The molecule has 50 heavy (non-hydrogen) atoms. The molecule has 0 aromatic heterocycles.